The predicted octanol–water partition coefficient (Wildman–Crippen LogP) is 4.99. The van der Waals surface area contributed by atoms with Crippen LogP contribution in [0.5, 0.6) is 0 Å². The summed E-state index contributed by atoms with van der Waals surface area (Å²) in [6.07, 6.45) is 6.01. The average Bonchev–Trinajstić information content (AvgIpc) is 3.04. The molecule has 4 rings (SSSR count). The molecule has 1 aromatic heterocycles. The number of hydrogen-bond acceptors (Lipinski definition) is 3. The van der Waals surface area contributed by atoms with Gasteiger partial charge < -0.3 is 9.72 Å². The van der Waals surface area contributed by atoms with Crippen molar-refractivity contribution in [3.8, 4) is 0 Å². The molecule has 1 fully saturated rings. The summed E-state index contributed by atoms with van der Waals surface area (Å²) in [5, 5.41) is 1.38. The Hall–Kier alpha value is -1.81. The SMILES string of the molecule is CCC1(CCC(=O)OC(C)C)CCCN2CCc3c([nH]c4ccccc34)C21. The number of carbonyl (C=O) groups excluding carboxylic acids is 1. The molecule has 2 unspecified atom stereocenters. The molecule has 2 aliphatic rings. The molecule has 1 N–H and O–H groups in total. The Balaban J connectivity index is 1.68. The van der Waals surface area contributed by atoms with Gasteiger partial charge in [0, 0.05) is 29.6 Å². The van der Waals surface area contributed by atoms with Gasteiger partial charge in [-0.2, -0.15) is 0 Å². The fourth-order valence-electron chi connectivity index (χ4n) is 5.48. The normalized spacial score (nSPS) is 25.4. The zero-order chi connectivity index (χ0) is 19.0. The van der Waals surface area contributed by atoms with Gasteiger partial charge in [0.1, 0.15) is 0 Å². The van der Waals surface area contributed by atoms with Crippen LogP contribution in [0.15, 0.2) is 24.3 Å². The highest BCUT2D eigenvalue weighted by molar-refractivity contribution is 5.85. The lowest BCUT2D eigenvalue weighted by atomic mass is 9.65. The minimum absolute atomic E-state index is 0.0343. The third kappa shape index (κ3) is 3.29. The fourth-order valence-corrected chi connectivity index (χ4v) is 5.48. The van der Waals surface area contributed by atoms with Crippen LogP contribution < -0.4 is 0 Å². The standard InChI is InChI=1S/C23H32N2O2/c1-4-23(13-10-20(26)27-16(2)3)12-7-14-25-15-11-18-17-8-5-6-9-19(17)24-21(18)22(23)25/h5-6,8-9,16,22,24H,4,7,10-15H2,1-3H3. The Kier molecular flexibility index (Phi) is 5.02. The Morgan fingerprint density at radius 2 is 2.15 bits per heavy atom. The first-order valence-electron chi connectivity index (χ1n) is 10.6. The topological polar surface area (TPSA) is 45.3 Å². The number of rotatable bonds is 5. The fraction of sp³-hybridized carbons (Fsp3) is 0.609. The van der Waals surface area contributed by atoms with E-state index in [0.29, 0.717) is 12.5 Å². The van der Waals surface area contributed by atoms with Crippen molar-refractivity contribution in [2.75, 3.05) is 13.1 Å². The van der Waals surface area contributed by atoms with Crippen LogP contribution in [0.2, 0.25) is 0 Å². The third-order valence-electron chi connectivity index (χ3n) is 6.73. The van der Waals surface area contributed by atoms with Gasteiger partial charge in [0.15, 0.2) is 0 Å². The van der Waals surface area contributed by atoms with Gasteiger partial charge in [-0.15, -0.1) is 0 Å². The van der Waals surface area contributed by atoms with E-state index in [2.05, 4.69) is 41.1 Å². The molecule has 0 saturated carbocycles. The number of nitrogens with zero attached hydrogens (tertiary/aromatic N) is 1. The molecule has 1 aromatic carbocycles. The van der Waals surface area contributed by atoms with E-state index in [0.717, 1.165) is 32.4 Å². The van der Waals surface area contributed by atoms with Gasteiger partial charge in [-0.25, -0.2) is 0 Å². The Labute approximate surface area is 162 Å². The van der Waals surface area contributed by atoms with Gasteiger partial charge in [-0.3, -0.25) is 9.69 Å². The molecule has 0 amide bonds. The van der Waals surface area contributed by atoms with Gasteiger partial charge in [0.2, 0.25) is 0 Å². The van der Waals surface area contributed by atoms with Crippen LogP contribution >= 0.6 is 0 Å². The first-order chi connectivity index (χ1) is 13.0. The van der Waals surface area contributed by atoms with Crippen LogP contribution in [0.3, 0.4) is 0 Å². The Morgan fingerprint density at radius 1 is 1.33 bits per heavy atom. The lowest BCUT2D eigenvalue weighted by Crippen LogP contribution is -2.49. The summed E-state index contributed by atoms with van der Waals surface area (Å²) in [7, 11) is 0. The number of fused-ring (bicyclic) bond motifs is 5. The number of piperidine rings is 1. The molecular formula is C23H32N2O2. The maximum Gasteiger partial charge on any atom is 0.306 e. The van der Waals surface area contributed by atoms with Crippen molar-refractivity contribution in [2.24, 2.45) is 5.41 Å². The monoisotopic (exact) mass is 368 g/mol. The molecule has 0 bridgehead atoms. The summed E-state index contributed by atoms with van der Waals surface area (Å²) >= 11 is 0. The summed E-state index contributed by atoms with van der Waals surface area (Å²) in [6, 6.07) is 9.07. The van der Waals surface area contributed by atoms with Crippen molar-refractivity contribution >= 4 is 16.9 Å². The van der Waals surface area contributed by atoms with E-state index in [1.807, 2.05) is 13.8 Å². The molecule has 2 atom stereocenters. The molecule has 1 saturated heterocycles. The minimum atomic E-state index is -0.0531. The second kappa shape index (κ2) is 7.31. The maximum absolute atomic E-state index is 12.3. The summed E-state index contributed by atoms with van der Waals surface area (Å²) in [5.74, 6) is -0.0531. The molecule has 2 aromatic rings. The number of H-pyrrole nitrogens is 1. The van der Waals surface area contributed by atoms with Crippen molar-refractivity contribution in [3.05, 3.63) is 35.5 Å². The number of nitrogens with one attached hydrogen (secondary N) is 1. The highest BCUT2D eigenvalue weighted by Crippen LogP contribution is 2.53. The number of benzene rings is 1. The van der Waals surface area contributed by atoms with Crippen molar-refractivity contribution < 1.29 is 9.53 Å². The van der Waals surface area contributed by atoms with Crippen molar-refractivity contribution in [2.45, 2.75) is 71.4 Å². The van der Waals surface area contributed by atoms with E-state index >= 15 is 0 Å². The summed E-state index contributed by atoms with van der Waals surface area (Å²) in [4.78, 5) is 18.7. The molecule has 146 valence electrons. The quantitative estimate of drug-likeness (QED) is 0.756. The van der Waals surface area contributed by atoms with E-state index < -0.39 is 0 Å². The van der Waals surface area contributed by atoms with E-state index in [9.17, 15) is 4.79 Å². The average molecular weight is 369 g/mol. The molecule has 27 heavy (non-hydrogen) atoms. The van der Waals surface area contributed by atoms with Crippen molar-refractivity contribution in [1.82, 2.24) is 9.88 Å². The predicted molar refractivity (Wildman–Crippen MR) is 109 cm³/mol. The van der Waals surface area contributed by atoms with Gasteiger partial charge in [0.05, 0.1) is 12.1 Å². The Morgan fingerprint density at radius 3 is 2.93 bits per heavy atom. The number of para-hydroxylation sites is 1. The summed E-state index contributed by atoms with van der Waals surface area (Å²) < 4.78 is 5.42. The first kappa shape index (κ1) is 18.5. The van der Waals surface area contributed by atoms with Gasteiger partial charge in [-0.05, 0) is 69.5 Å². The van der Waals surface area contributed by atoms with E-state index in [1.165, 1.54) is 35.0 Å². The third-order valence-corrected chi connectivity index (χ3v) is 6.73. The van der Waals surface area contributed by atoms with Crippen LogP contribution in [0.4, 0.5) is 0 Å². The van der Waals surface area contributed by atoms with Gasteiger partial charge >= 0.3 is 5.97 Å². The highest BCUT2D eigenvalue weighted by atomic mass is 16.5. The number of esters is 1. The van der Waals surface area contributed by atoms with Crippen LogP contribution in [0.1, 0.15) is 70.2 Å². The molecule has 4 nitrogen and oxygen atoms in total. The van der Waals surface area contributed by atoms with Crippen molar-refractivity contribution in [3.63, 3.8) is 0 Å². The van der Waals surface area contributed by atoms with Crippen LogP contribution in [-0.2, 0) is 16.0 Å². The lowest BCUT2D eigenvalue weighted by Gasteiger charge is -2.52. The molecule has 0 aliphatic carbocycles. The zero-order valence-corrected chi connectivity index (χ0v) is 16.9. The van der Waals surface area contributed by atoms with E-state index in [-0.39, 0.29) is 17.5 Å². The van der Waals surface area contributed by atoms with Crippen LogP contribution in [0, 0.1) is 5.41 Å². The number of ether oxygens (including phenoxy) is 1. The zero-order valence-electron chi connectivity index (χ0n) is 16.9. The molecule has 0 spiro atoms. The molecule has 2 aliphatic heterocycles. The Bertz CT molecular complexity index is 825. The highest BCUT2D eigenvalue weighted by Gasteiger charge is 2.47. The largest absolute Gasteiger partial charge is 0.463 e. The molecule has 3 heterocycles. The number of carbonyl (C=O) groups is 1. The van der Waals surface area contributed by atoms with E-state index in [4.69, 9.17) is 4.74 Å². The first-order valence-corrected chi connectivity index (χ1v) is 10.6. The maximum atomic E-state index is 12.3. The van der Waals surface area contributed by atoms with Crippen LogP contribution in [0.25, 0.3) is 10.9 Å². The second-order valence-corrected chi connectivity index (χ2v) is 8.61. The second-order valence-electron chi connectivity index (χ2n) is 8.61. The number of aromatic nitrogens is 1. The lowest BCUT2D eigenvalue weighted by molar-refractivity contribution is -0.148. The van der Waals surface area contributed by atoms with Crippen molar-refractivity contribution in [1.29, 1.82) is 0 Å². The minimum Gasteiger partial charge on any atom is -0.463 e. The van der Waals surface area contributed by atoms with Gasteiger partial charge in [0.25, 0.3) is 0 Å². The molecule has 0 radical (unpaired) electrons. The van der Waals surface area contributed by atoms with Crippen LogP contribution in [-0.4, -0.2) is 35.0 Å². The van der Waals surface area contributed by atoms with E-state index in [1.54, 1.807) is 0 Å². The smallest absolute Gasteiger partial charge is 0.306 e. The molecular weight excluding hydrogens is 336 g/mol. The molecule has 4 heteroatoms. The number of hydrogen-bond donors (Lipinski definition) is 1. The summed E-state index contributed by atoms with van der Waals surface area (Å²) in [5.41, 5.74) is 4.29. The number of aromatic amines is 1. The van der Waals surface area contributed by atoms with Gasteiger partial charge in [-0.1, -0.05) is 25.1 Å². The summed E-state index contributed by atoms with van der Waals surface area (Å²) in [6.45, 7) is 8.44.